The number of amidine groups is 2. The SMILES string of the molecule is COc1nc(/C(N)=N/OCC(OC)OC)ccc1-n1cnc(C)c1.COc1nc(C2=NC(c3cn(C)c4cc(F)ccc34)CON2)ccc1-n1cnc(C)c1.Cn1ccc2ccc(F)cc21.O=CO. The Morgan fingerprint density at radius 3 is 2.07 bits per heavy atom. The quantitative estimate of drug-likeness (QED) is 0.0414. The van der Waals surface area contributed by atoms with Crippen molar-refractivity contribution < 1.29 is 47.3 Å². The van der Waals surface area contributed by atoms with Gasteiger partial charge in [0.05, 0.1) is 49.3 Å². The molecule has 6 aromatic heterocycles. The van der Waals surface area contributed by atoms with Crippen molar-refractivity contribution in [3.63, 3.8) is 0 Å². The number of aryl methyl sites for hydroxylation is 4. The molecule has 8 aromatic rings. The van der Waals surface area contributed by atoms with Crippen molar-refractivity contribution in [3.05, 3.63) is 144 Å². The van der Waals surface area contributed by atoms with E-state index < -0.39 is 6.29 Å². The smallest absolute Gasteiger partial charge is 0.290 e. The molecule has 1 unspecified atom stereocenters. The molecule has 0 fully saturated rings. The number of carbonyl (C=O) groups is 1. The number of methoxy groups -OCH3 is 4. The second-order valence-electron chi connectivity index (χ2n) is 15.0. The van der Waals surface area contributed by atoms with Crippen LogP contribution in [-0.4, -0.2) is 109 Å². The predicted octanol–water partition coefficient (Wildman–Crippen LogP) is 6.10. The van der Waals surface area contributed by atoms with Crippen molar-refractivity contribution in [2.45, 2.75) is 26.2 Å². The molecule has 4 N–H and O–H groups in total. The number of carboxylic acid groups (broad SMARTS) is 1. The highest BCUT2D eigenvalue weighted by Crippen LogP contribution is 2.31. The molecule has 9 rings (SSSR count). The van der Waals surface area contributed by atoms with Crippen LogP contribution >= 0.6 is 0 Å². The zero-order chi connectivity index (χ0) is 49.6. The van der Waals surface area contributed by atoms with Crippen LogP contribution in [0, 0.1) is 25.5 Å². The summed E-state index contributed by atoms with van der Waals surface area (Å²) in [6.07, 6.45) is 10.5. The molecule has 7 heterocycles. The Bertz CT molecular complexity index is 3050. The zero-order valence-corrected chi connectivity index (χ0v) is 39.1. The van der Waals surface area contributed by atoms with E-state index in [1.807, 2.05) is 95.3 Å². The number of hydrogen-bond donors (Lipinski definition) is 3. The van der Waals surface area contributed by atoms with Crippen LogP contribution in [0.3, 0.4) is 0 Å². The maximum absolute atomic E-state index is 13.7. The van der Waals surface area contributed by atoms with Gasteiger partial charge in [-0.2, -0.15) is 0 Å². The second kappa shape index (κ2) is 23.5. The standard InChI is InChI=1S/C22H21FN6O2.C15H21N5O4.C9H8FN.CH2O2/c1-13-9-29(12-24-13)19-7-6-17(26-22(19)30-3)21-25-18(11-31-27-21)16-10-28(2)20-8-14(23)4-5-15(16)20;1-10-7-20(9-17-10)12-6-5-11(18-15(12)23-4)14(16)19-24-8-13(21-2)22-3;1-11-5-4-7-2-3-8(10)6-9(7)11;2-1-3/h4-10,12,18H,11H2,1-3H3,(H,25,27);5-7,9,13H,8H2,1-4H3,(H2,16,19);2-6H,1H3;1H,(H,2,3). The van der Waals surface area contributed by atoms with Crippen LogP contribution < -0.4 is 20.7 Å². The molecule has 0 aliphatic carbocycles. The molecule has 2 aromatic carbocycles. The highest BCUT2D eigenvalue weighted by molar-refractivity contribution is 5.97. The van der Waals surface area contributed by atoms with E-state index in [-0.39, 0.29) is 36.6 Å². The van der Waals surface area contributed by atoms with E-state index in [1.165, 1.54) is 45.6 Å². The largest absolute Gasteiger partial charge is 0.483 e. The molecule has 0 radical (unpaired) electrons. The molecular weight excluding hydrogens is 899 g/mol. The maximum Gasteiger partial charge on any atom is 0.290 e. The minimum Gasteiger partial charge on any atom is -0.483 e. The predicted molar refractivity (Wildman–Crippen MR) is 253 cm³/mol. The van der Waals surface area contributed by atoms with Crippen LogP contribution in [-0.2, 0) is 38.0 Å². The maximum atomic E-state index is 13.7. The van der Waals surface area contributed by atoms with E-state index in [4.69, 9.17) is 49.2 Å². The molecule has 22 heteroatoms. The number of halogens is 2. The molecule has 1 aliphatic heterocycles. The average molecular weight is 951 g/mol. The molecule has 1 atom stereocenters. The van der Waals surface area contributed by atoms with Gasteiger partial charge in [-0.05, 0) is 86.0 Å². The van der Waals surface area contributed by atoms with Crippen molar-refractivity contribution in [2.75, 3.05) is 41.7 Å². The van der Waals surface area contributed by atoms with E-state index >= 15 is 0 Å². The number of pyridine rings is 2. The van der Waals surface area contributed by atoms with Crippen LogP contribution in [0.4, 0.5) is 8.78 Å². The number of oxime groups is 1. The molecule has 0 saturated heterocycles. The van der Waals surface area contributed by atoms with Crippen molar-refractivity contribution in [1.29, 1.82) is 0 Å². The Balaban J connectivity index is 0.000000181. The molecular formula is C47H52F2N12O8. The van der Waals surface area contributed by atoms with Crippen LogP contribution in [0.15, 0.2) is 114 Å². The number of hydrogen-bond acceptors (Lipinski definition) is 14. The van der Waals surface area contributed by atoms with Crippen LogP contribution in [0.5, 0.6) is 11.8 Å². The van der Waals surface area contributed by atoms with Crippen LogP contribution in [0.2, 0.25) is 0 Å². The van der Waals surface area contributed by atoms with Gasteiger partial charge in [0.1, 0.15) is 47.0 Å². The normalized spacial score (nSPS) is 13.3. The summed E-state index contributed by atoms with van der Waals surface area (Å²) in [6, 6.07) is 18.6. The van der Waals surface area contributed by atoms with Gasteiger partial charge in [0.2, 0.25) is 11.8 Å². The molecule has 69 heavy (non-hydrogen) atoms. The fraction of sp³-hybridized carbons (Fsp3) is 0.255. The van der Waals surface area contributed by atoms with Crippen LogP contribution in [0.1, 0.15) is 34.4 Å². The van der Waals surface area contributed by atoms with Gasteiger partial charge in [0.15, 0.2) is 24.6 Å². The number of nitrogens with two attached hydrogens (primary N) is 1. The first-order valence-electron chi connectivity index (χ1n) is 20.9. The summed E-state index contributed by atoms with van der Waals surface area (Å²) in [5, 5.41) is 12.7. The average Bonchev–Trinajstić information content (AvgIpc) is 4.17. The van der Waals surface area contributed by atoms with Gasteiger partial charge in [-0.1, -0.05) is 5.16 Å². The highest BCUT2D eigenvalue weighted by Gasteiger charge is 2.24. The first-order valence-corrected chi connectivity index (χ1v) is 20.9. The Labute approximate surface area is 395 Å². The topological polar surface area (TPSA) is 227 Å². The van der Waals surface area contributed by atoms with E-state index in [2.05, 4.69) is 30.6 Å². The Morgan fingerprint density at radius 1 is 0.855 bits per heavy atom. The molecule has 0 amide bonds. The fourth-order valence-electron chi connectivity index (χ4n) is 6.96. The van der Waals surface area contributed by atoms with E-state index in [1.54, 1.807) is 38.0 Å². The minimum absolute atomic E-state index is 0.108. The molecule has 0 bridgehead atoms. The van der Waals surface area contributed by atoms with Crippen molar-refractivity contribution in [1.82, 2.24) is 43.7 Å². The third kappa shape index (κ3) is 12.4. The molecule has 362 valence electrons. The fourth-order valence-corrected chi connectivity index (χ4v) is 6.96. The molecule has 0 saturated carbocycles. The number of hydroxylamine groups is 1. The monoisotopic (exact) mass is 950 g/mol. The lowest BCUT2D eigenvalue weighted by Crippen LogP contribution is -2.33. The zero-order valence-electron chi connectivity index (χ0n) is 39.1. The first-order chi connectivity index (χ1) is 33.3. The van der Waals surface area contributed by atoms with Gasteiger partial charge >= 0.3 is 0 Å². The van der Waals surface area contributed by atoms with Gasteiger partial charge in [-0.25, -0.2) is 34.2 Å². The van der Waals surface area contributed by atoms with Gasteiger partial charge in [0.25, 0.3) is 6.47 Å². The molecule has 20 nitrogen and oxygen atoms in total. The number of ether oxygens (including phenoxy) is 4. The summed E-state index contributed by atoms with van der Waals surface area (Å²) in [5.74, 6) is 1.02. The van der Waals surface area contributed by atoms with Gasteiger partial charge < -0.3 is 52.9 Å². The van der Waals surface area contributed by atoms with Crippen molar-refractivity contribution in [3.8, 4) is 23.1 Å². The number of aliphatic imine (C=N–C) groups is 1. The summed E-state index contributed by atoms with van der Waals surface area (Å²) < 4.78 is 54.6. The second-order valence-corrected chi connectivity index (χ2v) is 15.0. The summed E-state index contributed by atoms with van der Waals surface area (Å²) in [5.41, 5.74) is 15.8. The molecule has 1 aliphatic rings. The Morgan fingerprint density at radius 2 is 1.46 bits per heavy atom. The Hall–Kier alpha value is -8.21. The number of rotatable bonds is 12. The summed E-state index contributed by atoms with van der Waals surface area (Å²) in [6.45, 7) is 4.03. The lowest BCUT2D eigenvalue weighted by molar-refractivity contribution is -0.140. The minimum atomic E-state index is -0.518. The third-order valence-corrected chi connectivity index (χ3v) is 10.3. The highest BCUT2D eigenvalue weighted by atomic mass is 19.1. The van der Waals surface area contributed by atoms with Gasteiger partial charge in [-0.3, -0.25) is 14.6 Å². The third-order valence-electron chi connectivity index (χ3n) is 10.3. The summed E-state index contributed by atoms with van der Waals surface area (Å²) >= 11 is 0. The number of imidazole rings is 2. The van der Waals surface area contributed by atoms with E-state index in [0.717, 1.165) is 50.1 Å². The number of fused-ring (bicyclic) bond motifs is 2. The van der Waals surface area contributed by atoms with Gasteiger partial charge in [-0.15, -0.1) is 0 Å². The van der Waals surface area contributed by atoms with Crippen LogP contribution in [0.25, 0.3) is 33.2 Å². The number of aromatic nitrogens is 8. The van der Waals surface area contributed by atoms with Crippen molar-refractivity contribution >= 4 is 39.9 Å². The number of benzene rings is 2. The Kier molecular flexibility index (Phi) is 17.1. The van der Waals surface area contributed by atoms with E-state index in [0.29, 0.717) is 35.6 Å². The van der Waals surface area contributed by atoms with Crippen molar-refractivity contribution in [2.24, 2.45) is 30.0 Å². The van der Waals surface area contributed by atoms with Gasteiger partial charge in [0, 0.05) is 64.1 Å². The first kappa shape index (κ1) is 50.2. The summed E-state index contributed by atoms with van der Waals surface area (Å²) in [7, 11) is 9.92. The molecule has 0 spiro atoms. The summed E-state index contributed by atoms with van der Waals surface area (Å²) in [4.78, 5) is 41.3. The van der Waals surface area contributed by atoms with E-state index in [9.17, 15) is 8.78 Å². The lowest BCUT2D eigenvalue weighted by Gasteiger charge is -2.22. The number of nitrogens with one attached hydrogen (secondary N) is 1. The lowest BCUT2D eigenvalue weighted by atomic mass is 10.1. The number of nitrogens with zero attached hydrogens (tertiary/aromatic N) is 10.